The van der Waals surface area contributed by atoms with Gasteiger partial charge in [0, 0.05) is 14.1 Å². The van der Waals surface area contributed by atoms with Crippen LogP contribution in [-0.4, -0.2) is 51.6 Å². The number of thiocarbonyl (C=S) groups is 1. The molecule has 6 heteroatoms. The van der Waals surface area contributed by atoms with Crippen LogP contribution in [0.1, 0.15) is 0 Å². The first-order valence-corrected chi connectivity index (χ1v) is 4.79. The minimum atomic E-state index is -0.381. The average Bonchev–Trinajstić information content (AvgIpc) is 2.13. The summed E-state index contributed by atoms with van der Waals surface area (Å²) in [5.74, 6) is 2.68. The lowest BCUT2D eigenvalue weighted by molar-refractivity contribution is -0.126. The third-order valence-electron chi connectivity index (χ3n) is 1.72. The van der Waals surface area contributed by atoms with Gasteiger partial charge < -0.3 is 0 Å². The van der Waals surface area contributed by atoms with Crippen LogP contribution in [0.15, 0.2) is 0 Å². The maximum Gasteiger partial charge on any atom is 0.275 e. The summed E-state index contributed by atoms with van der Waals surface area (Å²) in [6, 6.07) is 0. The molecule has 1 saturated heterocycles. The molecule has 0 N–H and O–H groups in total. The Bertz CT molecular complexity index is 332. The lowest BCUT2D eigenvalue weighted by atomic mass is 10.3. The van der Waals surface area contributed by atoms with Gasteiger partial charge in [-0.05, 0) is 18.1 Å². The first-order valence-electron chi connectivity index (χ1n) is 3.39. The van der Waals surface area contributed by atoms with Crippen LogP contribution in [-0.2, 0) is 9.59 Å². The lowest BCUT2D eigenvalue weighted by Crippen LogP contribution is -2.56. The average molecular weight is 216 g/mol. The molecule has 13 heavy (non-hydrogen) atoms. The summed E-state index contributed by atoms with van der Waals surface area (Å²) in [7, 11) is 3.96. The van der Waals surface area contributed by atoms with E-state index >= 15 is 0 Å². The van der Waals surface area contributed by atoms with Gasteiger partial charge in [-0.2, -0.15) is 0 Å². The summed E-state index contributed by atoms with van der Waals surface area (Å²) in [4.78, 5) is 25.4. The van der Waals surface area contributed by atoms with Crippen molar-refractivity contribution in [3.63, 3.8) is 0 Å². The topological polar surface area (TPSA) is 40.6 Å². The Balaban J connectivity index is 3.22. The fraction of sp³-hybridized carbons (Fsp3) is 0.286. The molecule has 1 rings (SSSR count). The van der Waals surface area contributed by atoms with Gasteiger partial charge in [0.15, 0.2) is 9.98 Å². The smallest absolute Gasteiger partial charge is 0.275 e. The van der Waals surface area contributed by atoms with E-state index < -0.39 is 0 Å². The summed E-state index contributed by atoms with van der Waals surface area (Å²) in [5.41, 5.74) is 0. The van der Waals surface area contributed by atoms with Crippen LogP contribution in [0.3, 0.4) is 0 Å². The Morgan fingerprint density at radius 2 is 1.62 bits per heavy atom. The van der Waals surface area contributed by atoms with E-state index in [0.29, 0.717) is 0 Å². The molecule has 1 aliphatic rings. The van der Waals surface area contributed by atoms with Gasteiger partial charge in [0.2, 0.25) is 0 Å². The Labute approximate surface area is 84.7 Å². The number of hydrogen-bond donors (Lipinski definition) is 0. The molecule has 0 spiro atoms. The number of hydrogen-bond acceptors (Lipinski definition) is 3. The van der Waals surface area contributed by atoms with E-state index in [1.807, 2.05) is 0 Å². The van der Waals surface area contributed by atoms with Crippen LogP contribution in [0.25, 0.3) is 0 Å². The first-order chi connectivity index (χ1) is 6.00. The second-order valence-electron chi connectivity index (χ2n) is 2.48. The minimum absolute atomic E-state index is 0.0959. The number of carbonyl (C=O) groups is 2. The SMILES string of the molecule is C=S=C1C(=O)N(C)C(=S)N(C)C1=O. The maximum atomic E-state index is 11.4. The molecule has 70 valence electrons. The Morgan fingerprint density at radius 1 is 1.23 bits per heavy atom. The van der Waals surface area contributed by atoms with Crippen LogP contribution in [0.4, 0.5) is 0 Å². The van der Waals surface area contributed by atoms with Gasteiger partial charge in [-0.15, -0.1) is 10.9 Å². The molecule has 0 radical (unpaired) electrons. The van der Waals surface area contributed by atoms with Crippen molar-refractivity contribution in [1.29, 1.82) is 0 Å². The van der Waals surface area contributed by atoms with E-state index in [1.54, 1.807) is 0 Å². The molecule has 1 heterocycles. The van der Waals surface area contributed by atoms with Crippen molar-refractivity contribution in [1.82, 2.24) is 9.80 Å². The molecule has 2 amide bonds. The molecule has 4 nitrogen and oxygen atoms in total. The lowest BCUT2D eigenvalue weighted by Gasteiger charge is -2.30. The third-order valence-corrected chi connectivity index (χ3v) is 2.90. The van der Waals surface area contributed by atoms with Gasteiger partial charge in [0.05, 0.1) is 0 Å². The van der Waals surface area contributed by atoms with E-state index in [-0.39, 0.29) is 21.8 Å². The fourth-order valence-electron chi connectivity index (χ4n) is 0.918. The zero-order valence-electron chi connectivity index (χ0n) is 7.23. The van der Waals surface area contributed by atoms with Crippen molar-refractivity contribution in [3.05, 3.63) is 0 Å². The minimum Gasteiger partial charge on any atom is -0.287 e. The molecule has 0 atom stereocenters. The molecular weight excluding hydrogens is 208 g/mol. The molecule has 0 aromatic carbocycles. The van der Waals surface area contributed by atoms with Crippen molar-refractivity contribution >= 4 is 50.8 Å². The zero-order valence-corrected chi connectivity index (χ0v) is 8.87. The van der Waals surface area contributed by atoms with E-state index in [9.17, 15) is 9.59 Å². The number of amides is 2. The van der Waals surface area contributed by atoms with E-state index in [1.165, 1.54) is 23.9 Å². The Kier molecular flexibility index (Phi) is 2.63. The fourth-order valence-corrected chi connectivity index (χ4v) is 1.60. The van der Waals surface area contributed by atoms with Gasteiger partial charge in [0.25, 0.3) is 11.8 Å². The summed E-state index contributed by atoms with van der Waals surface area (Å²) in [6.45, 7) is 0. The summed E-state index contributed by atoms with van der Waals surface area (Å²) < 4.78 is 0. The monoisotopic (exact) mass is 216 g/mol. The first kappa shape index (κ1) is 10.1. The van der Waals surface area contributed by atoms with Crippen LogP contribution in [0.5, 0.6) is 0 Å². The second-order valence-corrected chi connectivity index (χ2v) is 3.55. The summed E-state index contributed by atoms with van der Waals surface area (Å²) in [6.07, 6.45) is 0. The predicted octanol–water partition coefficient (Wildman–Crippen LogP) is -0.461. The van der Waals surface area contributed by atoms with Crippen LogP contribution in [0, 0.1) is 0 Å². The predicted molar refractivity (Wildman–Crippen MR) is 57.9 cm³/mol. The second kappa shape index (κ2) is 3.39. The van der Waals surface area contributed by atoms with Gasteiger partial charge in [0.1, 0.15) is 0 Å². The molecular formula is C7H8N2O2S2. The molecule has 1 fully saturated rings. The number of carbonyl (C=O) groups excluding carboxylic acids is 2. The molecule has 0 aliphatic carbocycles. The molecule has 0 unspecified atom stereocenters. The van der Waals surface area contributed by atoms with E-state index in [0.717, 1.165) is 10.9 Å². The van der Waals surface area contributed by atoms with Crippen molar-refractivity contribution in [2.75, 3.05) is 14.1 Å². The quantitative estimate of drug-likeness (QED) is 0.514. The molecule has 0 aromatic rings. The third kappa shape index (κ3) is 1.42. The van der Waals surface area contributed by atoms with Gasteiger partial charge in [-0.1, -0.05) is 0 Å². The van der Waals surface area contributed by atoms with Crippen molar-refractivity contribution in [3.8, 4) is 0 Å². The molecule has 0 bridgehead atoms. The molecule has 0 saturated carbocycles. The Morgan fingerprint density at radius 3 is 1.92 bits per heavy atom. The van der Waals surface area contributed by atoms with E-state index in [2.05, 4.69) is 5.87 Å². The van der Waals surface area contributed by atoms with Gasteiger partial charge in [-0.3, -0.25) is 19.4 Å². The standard InChI is InChI=1S/C7H8N2O2S2/c1-8-5(10)4(13-3)6(11)9(2)7(8)12/h3H2,1-2H3. The largest absolute Gasteiger partial charge is 0.287 e. The maximum absolute atomic E-state index is 11.4. The summed E-state index contributed by atoms with van der Waals surface area (Å²) in [5, 5.41) is 0.216. The number of nitrogens with zero attached hydrogens (tertiary/aromatic N) is 2. The summed E-state index contributed by atoms with van der Waals surface area (Å²) >= 11 is 4.87. The number of rotatable bonds is 0. The Hall–Kier alpha value is -1.01. The normalized spacial score (nSPS) is 18.3. The molecule has 1 aliphatic heterocycles. The highest BCUT2D eigenvalue weighted by atomic mass is 32.1. The van der Waals surface area contributed by atoms with E-state index in [4.69, 9.17) is 12.2 Å². The van der Waals surface area contributed by atoms with Gasteiger partial charge in [-0.25, -0.2) is 0 Å². The highest BCUT2D eigenvalue weighted by Crippen LogP contribution is 2.07. The van der Waals surface area contributed by atoms with Crippen LogP contribution < -0.4 is 0 Å². The highest BCUT2D eigenvalue weighted by Gasteiger charge is 2.35. The zero-order chi connectivity index (χ0) is 10.2. The van der Waals surface area contributed by atoms with Crippen molar-refractivity contribution in [2.45, 2.75) is 0 Å². The van der Waals surface area contributed by atoms with Gasteiger partial charge >= 0.3 is 0 Å². The molecule has 0 aromatic heterocycles. The van der Waals surface area contributed by atoms with Crippen molar-refractivity contribution in [2.24, 2.45) is 0 Å². The van der Waals surface area contributed by atoms with Crippen LogP contribution in [0.2, 0.25) is 0 Å². The van der Waals surface area contributed by atoms with Crippen LogP contribution >= 0.6 is 23.2 Å². The van der Waals surface area contributed by atoms with Crippen molar-refractivity contribution < 1.29 is 9.59 Å². The highest BCUT2D eigenvalue weighted by molar-refractivity contribution is 7.98.